The molecule has 0 atom stereocenters. The highest BCUT2D eigenvalue weighted by Crippen LogP contribution is 2.15. The molecule has 0 spiro atoms. The van der Waals surface area contributed by atoms with Gasteiger partial charge in [-0.2, -0.15) is 4.98 Å². The fourth-order valence-corrected chi connectivity index (χ4v) is 3.04. The Hall–Kier alpha value is -3.21. The van der Waals surface area contributed by atoms with Gasteiger partial charge < -0.3 is 4.42 Å². The Morgan fingerprint density at radius 2 is 1.72 bits per heavy atom. The molecule has 5 heteroatoms. The van der Waals surface area contributed by atoms with Crippen molar-refractivity contribution in [1.82, 2.24) is 9.55 Å². The van der Waals surface area contributed by atoms with Crippen LogP contribution in [0, 0.1) is 6.92 Å². The van der Waals surface area contributed by atoms with Crippen molar-refractivity contribution < 1.29 is 4.42 Å². The topological polar surface area (TPSA) is 65.1 Å². The van der Waals surface area contributed by atoms with Crippen LogP contribution in [-0.2, 0) is 13.0 Å². The molecule has 0 N–H and O–H groups in total. The summed E-state index contributed by atoms with van der Waals surface area (Å²) in [6.45, 7) is 2.21. The quantitative estimate of drug-likeness (QED) is 0.541. The highest BCUT2D eigenvalue weighted by Gasteiger charge is 2.15. The molecule has 2 heterocycles. The zero-order chi connectivity index (χ0) is 17.4. The van der Waals surface area contributed by atoms with Crippen LogP contribution in [-0.4, -0.2) is 9.55 Å². The summed E-state index contributed by atoms with van der Waals surface area (Å²) >= 11 is 0. The number of hydrogen-bond acceptors (Lipinski definition) is 4. The maximum Gasteiger partial charge on any atom is 0.268 e. The molecule has 25 heavy (non-hydrogen) atoms. The summed E-state index contributed by atoms with van der Waals surface area (Å²) in [5.74, 6) is 0.534. The third-order valence-corrected chi connectivity index (χ3v) is 4.36. The van der Waals surface area contributed by atoms with Gasteiger partial charge in [0.25, 0.3) is 5.56 Å². The van der Waals surface area contributed by atoms with E-state index in [0.29, 0.717) is 29.8 Å². The van der Waals surface area contributed by atoms with Crippen molar-refractivity contribution in [3.63, 3.8) is 0 Å². The first kappa shape index (κ1) is 15.3. The molecule has 0 aliphatic carbocycles. The summed E-state index contributed by atoms with van der Waals surface area (Å²) in [7, 11) is 0. The Morgan fingerprint density at radius 3 is 2.52 bits per heavy atom. The monoisotopic (exact) mass is 332 g/mol. The van der Waals surface area contributed by atoms with Crippen LogP contribution in [0.1, 0.15) is 11.4 Å². The van der Waals surface area contributed by atoms with Gasteiger partial charge in [0.05, 0.1) is 5.39 Å². The van der Waals surface area contributed by atoms with Crippen molar-refractivity contribution in [2.45, 2.75) is 19.9 Å². The maximum absolute atomic E-state index is 12.9. The predicted molar refractivity (Wildman–Crippen MR) is 96.9 cm³/mol. The Morgan fingerprint density at radius 1 is 1.00 bits per heavy atom. The first-order chi connectivity index (χ1) is 12.1. The average molecular weight is 332 g/mol. The molecule has 0 radical (unpaired) electrons. The molecule has 0 saturated heterocycles. The van der Waals surface area contributed by atoms with E-state index in [1.54, 1.807) is 35.8 Å². The van der Waals surface area contributed by atoms with Gasteiger partial charge in [0.1, 0.15) is 11.4 Å². The molecule has 2 aromatic carbocycles. The molecule has 2 aromatic heterocycles. The molecule has 0 saturated carbocycles. The van der Waals surface area contributed by atoms with Gasteiger partial charge in [-0.1, -0.05) is 42.5 Å². The highest BCUT2D eigenvalue weighted by molar-refractivity contribution is 5.87. The van der Waals surface area contributed by atoms with Gasteiger partial charge >= 0.3 is 0 Å². The third-order valence-electron chi connectivity index (χ3n) is 4.36. The lowest BCUT2D eigenvalue weighted by Gasteiger charge is -2.10. The zero-order valence-electron chi connectivity index (χ0n) is 13.7. The van der Waals surface area contributed by atoms with E-state index >= 15 is 0 Å². The second-order valence-corrected chi connectivity index (χ2v) is 5.96. The van der Waals surface area contributed by atoms with E-state index in [-0.39, 0.29) is 22.1 Å². The molecule has 4 aromatic rings. The highest BCUT2D eigenvalue weighted by atomic mass is 16.3. The molecule has 4 rings (SSSR count). The number of nitrogens with zero attached hydrogens (tertiary/aromatic N) is 2. The molecular weight excluding hydrogens is 316 g/mol. The van der Waals surface area contributed by atoms with E-state index in [1.165, 1.54) is 0 Å². The van der Waals surface area contributed by atoms with Gasteiger partial charge in [-0.05, 0) is 31.0 Å². The molecule has 0 unspecified atom stereocenters. The van der Waals surface area contributed by atoms with E-state index in [2.05, 4.69) is 4.98 Å². The van der Waals surface area contributed by atoms with Crippen molar-refractivity contribution in [3.8, 4) is 0 Å². The summed E-state index contributed by atoms with van der Waals surface area (Å²) in [5, 5.41) is 0.407. The predicted octanol–water partition coefficient (Wildman–Crippen LogP) is 3.05. The van der Waals surface area contributed by atoms with Crippen LogP contribution in [0.3, 0.4) is 0 Å². The van der Waals surface area contributed by atoms with E-state index in [9.17, 15) is 9.59 Å². The van der Waals surface area contributed by atoms with E-state index in [4.69, 9.17) is 4.42 Å². The molecular formula is C20H16N2O3. The van der Waals surface area contributed by atoms with Gasteiger partial charge in [-0.15, -0.1) is 0 Å². The van der Waals surface area contributed by atoms with Crippen LogP contribution < -0.4 is 11.0 Å². The van der Waals surface area contributed by atoms with Gasteiger partial charge in [0.2, 0.25) is 11.1 Å². The number of fused-ring (bicyclic) bond motifs is 2. The smallest absolute Gasteiger partial charge is 0.268 e. The molecule has 5 nitrogen and oxygen atoms in total. The normalized spacial score (nSPS) is 11.2. The van der Waals surface area contributed by atoms with Gasteiger partial charge in [0.15, 0.2) is 5.39 Å². The number of para-hydroxylation sites is 1. The van der Waals surface area contributed by atoms with E-state index in [0.717, 1.165) is 5.56 Å². The summed E-state index contributed by atoms with van der Waals surface area (Å²) in [5.41, 5.74) is 0.982. The Balaban J connectivity index is 1.88. The van der Waals surface area contributed by atoms with Crippen molar-refractivity contribution in [3.05, 3.63) is 86.6 Å². The summed E-state index contributed by atoms with van der Waals surface area (Å²) in [6.07, 6.45) is 0.688. The maximum atomic E-state index is 12.9. The van der Waals surface area contributed by atoms with Gasteiger partial charge in [-0.3, -0.25) is 14.2 Å². The van der Waals surface area contributed by atoms with Crippen molar-refractivity contribution in [2.24, 2.45) is 0 Å². The summed E-state index contributed by atoms with van der Waals surface area (Å²) in [6, 6.07) is 16.8. The standard InChI is InChI=1S/C20H16N2O3/c1-13-21-19-17(18(23)15-9-5-6-10-16(15)25-19)20(24)22(13)12-11-14-7-3-2-4-8-14/h2-10H,11-12H2,1H3. The molecule has 0 bridgehead atoms. The molecule has 124 valence electrons. The van der Waals surface area contributed by atoms with Crippen LogP contribution in [0.15, 0.2) is 68.6 Å². The molecule has 0 amide bonds. The lowest BCUT2D eigenvalue weighted by molar-refractivity contribution is 0.603. The number of aromatic nitrogens is 2. The second-order valence-electron chi connectivity index (χ2n) is 5.96. The molecule has 0 aliphatic heterocycles. The Labute approximate surface area is 143 Å². The first-order valence-corrected chi connectivity index (χ1v) is 8.12. The SMILES string of the molecule is Cc1nc2oc3ccccc3c(=O)c2c(=O)n1CCc1ccccc1. The number of benzene rings is 2. The van der Waals surface area contributed by atoms with Crippen LogP contribution in [0.2, 0.25) is 0 Å². The number of aryl methyl sites for hydroxylation is 2. The number of hydrogen-bond donors (Lipinski definition) is 0. The fourth-order valence-electron chi connectivity index (χ4n) is 3.04. The van der Waals surface area contributed by atoms with Gasteiger partial charge in [0, 0.05) is 6.54 Å². The lowest BCUT2D eigenvalue weighted by atomic mass is 10.1. The minimum absolute atomic E-state index is 0.0114. The second kappa shape index (κ2) is 6.02. The first-order valence-electron chi connectivity index (χ1n) is 8.12. The number of rotatable bonds is 3. The van der Waals surface area contributed by atoms with Crippen molar-refractivity contribution >= 4 is 22.1 Å². The third kappa shape index (κ3) is 2.63. The van der Waals surface area contributed by atoms with Crippen molar-refractivity contribution in [1.29, 1.82) is 0 Å². The van der Waals surface area contributed by atoms with Crippen LogP contribution in [0.5, 0.6) is 0 Å². The summed E-state index contributed by atoms with van der Waals surface area (Å²) in [4.78, 5) is 30.0. The Bertz CT molecular complexity index is 1190. The van der Waals surface area contributed by atoms with Crippen LogP contribution >= 0.6 is 0 Å². The molecule has 0 aliphatic rings. The minimum atomic E-state index is -0.349. The van der Waals surface area contributed by atoms with E-state index < -0.39 is 0 Å². The Kier molecular flexibility index (Phi) is 3.69. The lowest BCUT2D eigenvalue weighted by Crippen LogP contribution is -2.28. The van der Waals surface area contributed by atoms with Crippen LogP contribution in [0.25, 0.3) is 22.1 Å². The minimum Gasteiger partial charge on any atom is -0.437 e. The molecule has 0 fully saturated rings. The summed E-state index contributed by atoms with van der Waals surface area (Å²) < 4.78 is 7.22. The largest absolute Gasteiger partial charge is 0.437 e. The average Bonchev–Trinajstić information content (AvgIpc) is 2.62. The zero-order valence-corrected chi connectivity index (χ0v) is 13.7. The van der Waals surface area contributed by atoms with E-state index in [1.807, 2.05) is 30.3 Å². The fraction of sp³-hybridized carbons (Fsp3) is 0.150. The van der Waals surface area contributed by atoms with Gasteiger partial charge in [-0.25, -0.2) is 0 Å². The van der Waals surface area contributed by atoms with Crippen molar-refractivity contribution in [2.75, 3.05) is 0 Å². The van der Waals surface area contributed by atoms with Crippen LogP contribution in [0.4, 0.5) is 0 Å².